The van der Waals surface area contributed by atoms with Gasteiger partial charge in [-0.05, 0) is 45.4 Å². The highest BCUT2D eigenvalue weighted by molar-refractivity contribution is 5.69. The number of nitrogens with zero attached hydrogens (tertiary/aromatic N) is 1. The summed E-state index contributed by atoms with van der Waals surface area (Å²) in [6, 6.07) is 1.26. The largest absolute Gasteiger partial charge is 0.466 e. The summed E-state index contributed by atoms with van der Waals surface area (Å²) in [7, 11) is 0. The minimum Gasteiger partial charge on any atom is -0.466 e. The Kier molecular flexibility index (Phi) is 5.85. The van der Waals surface area contributed by atoms with Crippen molar-refractivity contribution in [1.29, 1.82) is 0 Å². The van der Waals surface area contributed by atoms with Crippen molar-refractivity contribution in [2.75, 3.05) is 26.2 Å². The zero-order valence-electron chi connectivity index (χ0n) is 13.2. The smallest absolute Gasteiger partial charge is 0.307 e. The van der Waals surface area contributed by atoms with Crippen LogP contribution < -0.4 is 5.32 Å². The standard InChI is InChI=1S/C16H30N2O2/c1-4-20-15(19)8-9-17-16-13-6-5-7-14(16)11-18(10-13)12(2)3/h12-14,16-17H,4-11H2,1-3H3. The van der Waals surface area contributed by atoms with E-state index < -0.39 is 0 Å². The van der Waals surface area contributed by atoms with E-state index in [1.54, 1.807) is 0 Å². The molecule has 2 rings (SSSR count). The Morgan fingerprint density at radius 2 is 1.95 bits per heavy atom. The number of hydrogen-bond acceptors (Lipinski definition) is 4. The Morgan fingerprint density at radius 3 is 2.50 bits per heavy atom. The molecule has 0 aromatic heterocycles. The van der Waals surface area contributed by atoms with E-state index in [0.29, 0.717) is 25.1 Å². The Hall–Kier alpha value is -0.610. The van der Waals surface area contributed by atoms with Gasteiger partial charge in [0.15, 0.2) is 0 Å². The predicted molar refractivity (Wildman–Crippen MR) is 80.6 cm³/mol. The minimum absolute atomic E-state index is 0.0789. The highest BCUT2D eigenvalue weighted by Crippen LogP contribution is 2.35. The average Bonchev–Trinajstić information content (AvgIpc) is 2.38. The van der Waals surface area contributed by atoms with E-state index in [4.69, 9.17) is 4.74 Å². The summed E-state index contributed by atoms with van der Waals surface area (Å²) >= 11 is 0. The molecule has 0 amide bonds. The van der Waals surface area contributed by atoms with Gasteiger partial charge >= 0.3 is 5.97 Å². The Bertz CT molecular complexity index is 306. The van der Waals surface area contributed by atoms with E-state index in [-0.39, 0.29) is 5.97 Å². The molecule has 2 unspecified atom stereocenters. The molecule has 1 saturated carbocycles. The summed E-state index contributed by atoms with van der Waals surface area (Å²) in [4.78, 5) is 14.0. The molecule has 2 atom stereocenters. The van der Waals surface area contributed by atoms with Crippen LogP contribution in [0, 0.1) is 11.8 Å². The fraction of sp³-hybridized carbons (Fsp3) is 0.938. The summed E-state index contributed by atoms with van der Waals surface area (Å²) in [6.07, 6.45) is 4.53. The van der Waals surface area contributed by atoms with Crippen molar-refractivity contribution in [3.8, 4) is 0 Å². The first kappa shape index (κ1) is 15.8. The summed E-state index contributed by atoms with van der Waals surface area (Å²) < 4.78 is 4.99. The van der Waals surface area contributed by atoms with Gasteiger partial charge in [0.2, 0.25) is 0 Å². The summed E-state index contributed by atoms with van der Waals surface area (Å²) in [5.41, 5.74) is 0. The topological polar surface area (TPSA) is 41.6 Å². The maximum Gasteiger partial charge on any atom is 0.307 e. The molecule has 4 heteroatoms. The van der Waals surface area contributed by atoms with Crippen molar-refractivity contribution in [2.45, 2.75) is 58.5 Å². The second kappa shape index (κ2) is 7.41. The van der Waals surface area contributed by atoms with E-state index in [9.17, 15) is 4.79 Å². The van der Waals surface area contributed by atoms with Crippen molar-refractivity contribution in [3.05, 3.63) is 0 Å². The number of rotatable bonds is 6. The molecule has 1 saturated heterocycles. The lowest BCUT2D eigenvalue weighted by Crippen LogP contribution is -2.58. The van der Waals surface area contributed by atoms with Crippen LogP contribution in [0.2, 0.25) is 0 Å². The van der Waals surface area contributed by atoms with Crippen LogP contribution in [0.1, 0.15) is 46.5 Å². The molecule has 2 bridgehead atoms. The maximum atomic E-state index is 11.4. The van der Waals surface area contributed by atoms with Crippen LogP contribution in [0.3, 0.4) is 0 Å². The molecule has 2 aliphatic rings. The zero-order valence-corrected chi connectivity index (χ0v) is 13.2. The molecular formula is C16H30N2O2. The highest BCUT2D eigenvalue weighted by Gasteiger charge is 2.39. The van der Waals surface area contributed by atoms with Crippen molar-refractivity contribution in [2.24, 2.45) is 11.8 Å². The zero-order chi connectivity index (χ0) is 14.5. The summed E-state index contributed by atoms with van der Waals surface area (Å²) in [5.74, 6) is 1.43. The highest BCUT2D eigenvalue weighted by atomic mass is 16.5. The lowest BCUT2D eigenvalue weighted by molar-refractivity contribution is -0.143. The van der Waals surface area contributed by atoms with Crippen LogP contribution in [0.5, 0.6) is 0 Å². The Labute approximate surface area is 123 Å². The number of piperidine rings is 1. The first-order valence-electron chi connectivity index (χ1n) is 8.24. The van der Waals surface area contributed by atoms with Crippen molar-refractivity contribution in [1.82, 2.24) is 10.2 Å². The summed E-state index contributed by atoms with van der Waals surface area (Å²) in [5, 5.41) is 3.64. The van der Waals surface area contributed by atoms with Gasteiger partial charge in [-0.2, -0.15) is 0 Å². The van der Waals surface area contributed by atoms with Gasteiger partial charge in [-0.15, -0.1) is 0 Å². The molecule has 0 spiro atoms. The molecule has 20 heavy (non-hydrogen) atoms. The van der Waals surface area contributed by atoms with Gasteiger partial charge in [-0.3, -0.25) is 4.79 Å². The molecule has 1 N–H and O–H groups in total. The number of likely N-dealkylation sites (tertiary alicyclic amines) is 1. The third-order valence-corrected chi connectivity index (χ3v) is 4.85. The van der Waals surface area contributed by atoms with Crippen molar-refractivity contribution < 1.29 is 9.53 Å². The van der Waals surface area contributed by atoms with E-state index >= 15 is 0 Å². The van der Waals surface area contributed by atoms with Crippen LogP contribution >= 0.6 is 0 Å². The van der Waals surface area contributed by atoms with Gasteiger partial charge < -0.3 is 15.0 Å². The number of carbonyl (C=O) groups is 1. The third-order valence-electron chi connectivity index (χ3n) is 4.85. The third kappa shape index (κ3) is 3.95. The normalized spacial score (nSPS) is 30.5. The van der Waals surface area contributed by atoms with E-state index in [2.05, 4.69) is 24.1 Å². The molecule has 4 nitrogen and oxygen atoms in total. The Balaban J connectivity index is 1.81. The first-order chi connectivity index (χ1) is 9.61. The molecule has 2 fully saturated rings. The van der Waals surface area contributed by atoms with Crippen molar-refractivity contribution in [3.63, 3.8) is 0 Å². The van der Waals surface area contributed by atoms with Crippen molar-refractivity contribution >= 4 is 5.97 Å². The molecular weight excluding hydrogens is 252 g/mol. The van der Waals surface area contributed by atoms with E-state index in [1.807, 2.05) is 6.92 Å². The lowest BCUT2D eigenvalue weighted by Gasteiger charge is -2.49. The lowest BCUT2D eigenvalue weighted by atomic mass is 9.73. The SMILES string of the molecule is CCOC(=O)CCNC1C2CCCC1CN(C(C)C)C2. The van der Waals surface area contributed by atoms with Gasteiger partial charge in [0, 0.05) is 31.7 Å². The quantitative estimate of drug-likeness (QED) is 0.757. The number of ether oxygens (including phenoxy) is 1. The van der Waals surface area contributed by atoms with E-state index in [1.165, 1.54) is 32.4 Å². The van der Waals surface area contributed by atoms with Crippen LogP contribution in [0.4, 0.5) is 0 Å². The van der Waals surface area contributed by atoms with Gasteiger partial charge in [0.05, 0.1) is 13.0 Å². The molecule has 0 aromatic carbocycles. The molecule has 116 valence electrons. The minimum atomic E-state index is -0.0789. The number of hydrogen-bond donors (Lipinski definition) is 1. The maximum absolute atomic E-state index is 11.4. The Morgan fingerprint density at radius 1 is 1.30 bits per heavy atom. The second-order valence-corrected chi connectivity index (χ2v) is 6.53. The van der Waals surface area contributed by atoms with Crippen LogP contribution in [0.15, 0.2) is 0 Å². The fourth-order valence-corrected chi connectivity index (χ4v) is 3.80. The molecule has 1 aliphatic carbocycles. The van der Waals surface area contributed by atoms with Crippen LogP contribution in [-0.4, -0.2) is 49.2 Å². The van der Waals surface area contributed by atoms with Gasteiger partial charge in [-0.1, -0.05) is 6.42 Å². The predicted octanol–water partition coefficient (Wildman–Crippen LogP) is 2.04. The van der Waals surface area contributed by atoms with Crippen LogP contribution in [-0.2, 0) is 9.53 Å². The monoisotopic (exact) mass is 282 g/mol. The number of carbonyl (C=O) groups excluding carboxylic acids is 1. The summed E-state index contributed by atoms with van der Waals surface area (Å²) in [6.45, 7) is 10.1. The van der Waals surface area contributed by atoms with Gasteiger partial charge in [-0.25, -0.2) is 0 Å². The first-order valence-corrected chi connectivity index (χ1v) is 8.24. The molecule has 1 aliphatic heterocycles. The average molecular weight is 282 g/mol. The molecule has 0 aromatic rings. The number of nitrogens with one attached hydrogen (secondary N) is 1. The fourth-order valence-electron chi connectivity index (χ4n) is 3.80. The van der Waals surface area contributed by atoms with E-state index in [0.717, 1.165) is 18.4 Å². The number of fused-ring (bicyclic) bond motifs is 2. The molecule has 0 radical (unpaired) electrons. The molecule has 1 heterocycles. The van der Waals surface area contributed by atoms with Gasteiger partial charge in [0.25, 0.3) is 0 Å². The number of esters is 1. The second-order valence-electron chi connectivity index (χ2n) is 6.53. The van der Waals surface area contributed by atoms with Crippen LogP contribution in [0.25, 0.3) is 0 Å². The van der Waals surface area contributed by atoms with Gasteiger partial charge in [0.1, 0.15) is 0 Å².